The SMILES string of the molecule is CC(O)COc1cc(N)ccc1Br. The monoisotopic (exact) mass is 245 g/mol. The Morgan fingerprint density at radius 1 is 1.62 bits per heavy atom. The molecule has 4 heteroatoms. The van der Waals surface area contributed by atoms with Gasteiger partial charge in [0, 0.05) is 11.8 Å². The molecule has 0 spiro atoms. The molecule has 0 aromatic heterocycles. The van der Waals surface area contributed by atoms with Crippen molar-refractivity contribution < 1.29 is 9.84 Å². The summed E-state index contributed by atoms with van der Waals surface area (Å²) in [6.45, 7) is 1.93. The van der Waals surface area contributed by atoms with Crippen LogP contribution in [-0.4, -0.2) is 17.8 Å². The fourth-order valence-corrected chi connectivity index (χ4v) is 1.20. The number of anilines is 1. The summed E-state index contributed by atoms with van der Waals surface area (Å²) in [5.74, 6) is 0.654. The Labute approximate surface area is 85.6 Å². The number of hydrogen-bond acceptors (Lipinski definition) is 3. The van der Waals surface area contributed by atoms with E-state index in [9.17, 15) is 0 Å². The van der Waals surface area contributed by atoms with Crippen LogP contribution in [0, 0.1) is 0 Å². The van der Waals surface area contributed by atoms with Gasteiger partial charge in [0.1, 0.15) is 12.4 Å². The summed E-state index contributed by atoms with van der Waals surface area (Å²) in [5, 5.41) is 9.00. The van der Waals surface area contributed by atoms with Crippen LogP contribution in [0.4, 0.5) is 5.69 Å². The minimum absolute atomic E-state index is 0.266. The Morgan fingerprint density at radius 3 is 2.92 bits per heavy atom. The third-order valence-electron chi connectivity index (χ3n) is 1.44. The molecule has 3 nitrogen and oxygen atoms in total. The molecule has 0 heterocycles. The largest absolute Gasteiger partial charge is 0.490 e. The molecule has 0 aliphatic carbocycles. The second-order valence-electron chi connectivity index (χ2n) is 2.85. The summed E-state index contributed by atoms with van der Waals surface area (Å²) < 4.78 is 6.14. The molecule has 1 aromatic rings. The molecule has 0 aliphatic rings. The maximum atomic E-state index is 9.00. The van der Waals surface area contributed by atoms with Crippen LogP contribution in [0.3, 0.4) is 0 Å². The summed E-state index contributed by atoms with van der Waals surface area (Å²) in [6, 6.07) is 5.30. The van der Waals surface area contributed by atoms with Gasteiger partial charge in [0.15, 0.2) is 0 Å². The average molecular weight is 246 g/mol. The highest BCUT2D eigenvalue weighted by molar-refractivity contribution is 9.10. The van der Waals surface area contributed by atoms with Gasteiger partial charge in [-0.3, -0.25) is 0 Å². The maximum Gasteiger partial charge on any atom is 0.135 e. The molecular weight excluding hydrogens is 234 g/mol. The van der Waals surface area contributed by atoms with E-state index in [-0.39, 0.29) is 6.61 Å². The quantitative estimate of drug-likeness (QED) is 0.799. The number of rotatable bonds is 3. The predicted molar refractivity (Wildman–Crippen MR) is 55.7 cm³/mol. The third-order valence-corrected chi connectivity index (χ3v) is 2.09. The molecule has 0 amide bonds. The Bertz CT molecular complexity index is 289. The number of hydrogen-bond donors (Lipinski definition) is 2. The normalized spacial score (nSPS) is 12.5. The van der Waals surface area contributed by atoms with Crippen LogP contribution in [0.15, 0.2) is 22.7 Å². The highest BCUT2D eigenvalue weighted by Crippen LogP contribution is 2.26. The van der Waals surface area contributed by atoms with Crippen LogP contribution < -0.4 is 10.5 Å². The van der Waals surface area contributed by atoms with E-state index in [0.29, 0.717) is 11.4 Å². The van der Waals surface area contributed by atoms with Gasteiger partial charge in [-0.25, -0.2) is 0 Å². The van der Waals surface area contributed by atoms with Crippen molar-refractivity contribution in [3.05, 3.63) is 22.7 Å². The smallest absolute Gasteiger partial charge is 0.135 e. The van der Waals surface area contributed by atoms with Crippen LogP contribution in [0.1, 0.15) is 6.92 Å². The lowest BCUT2D eigenvalue weighted by atomic mass is 10.3. The van der Waals surface area contributed by atoms with Crippen LogP contribution in [0.2, 0.25) is 0 Å². The Balaban J connectivity index is 2.70. The summed E-state index contributed by atoms with van der Waals surface area (Å²) in [5.41, 5.74) is 6.21. The lowest BCUT2D eigenvalue weighted by Gasteiger charge is -2.10. The van der Waals surface area contributed by atoms with Crippen molar-refractivity contribution in [3.8, 4) is 5.75 Å². The molecule has 0 bridgehead atoms. The van der Waals surface area contributed by atoms with Gasteiger partial charge in [0.25, 0.3) is 0 Å². The summed E-state index contributed by atoms with van der Waals surface area (Å²) in [4.78, 5) is 0. The molecular formula is C9H12BrNO2. The fraction of sp³-hybridized carbons (Fsp3) is 0.333. The zero-order valence-corrected chi connectivity index (χ0v) is 8.91. The third kappa shape index (κ3) is 3.24. The first kappa shape index (κ1) is 10.3. The summed E-state index contributed by atoms with van der Waals surface area (Å²) in [6.07, 6.45) is -0.478. The lowest BCUT2D eigenvalue weighted by molar-refractivity contribution is 0.122. The molecule has 1 aromatic carbocycles. The van der Waals surface area contributed by atoms with Crippen molar-refractivity contribution in [2.45, 2.75) is 13.0 Å². The predicted octanol–water partition coefficient (Wildman–Crippen LogP) is 1.79. The van der Waals surface area contributed by atoms with Crippen molar-refractivity contribution in [3.63, 3.8) is 0 Å². The van der Waals surface area contributed by atoms with Gasteiger partial charge in [0.05, 0.1) is 10.6 Å². The second-order valence-corrected chi connectivity index (χ2v) is 3.70. The lowest BCUT2D eigenvalue weighted by Crippen LogP contribution is -2.13. The van der Waals surface area contributed by atoms with Crippen molar-refractivity contribution >= 4 is 21.6 Å². The Hall–Kier alpha value is -0.740. The minimum atomic E-state index is -0.478. The van der Waals surface area contributed by atoms with Crippen LogP contribution in [0.25, 0.3) is 0 Å². The van der Waals surface area contributed by atoms with Crippen LogP contribution in [0.5, 0.6) is 5.75 Å². The van der Waals surface area contributed by atoms with Gasteiger partial charge < -0.3 is 15.6 Å². The van der Waals surface area contributed by atoms with E-state index in [4.69, 9.17) is 15.6 Å². The number of nitrogens with two attached hydrogens (primary N) is 1. The number of benzene rings is 1. The zero-order valence-electron chi connectivity index (χ0n) is 7.33. The molecule has 1 rings (SSSR count). The molecule has 3 N–H and O–H groups in total. The van der Waals surface area contributed by atoms with Gasteiger partial charge in [-0.2, -0.15) is 0 Å². The Morgan fingerprint density at radius 2 is 2.31 bits per heavy atom. The first-order valence-corrected chi connectivity index (χ1v) is 4.75. The summed E-state index contributed by atoms with van der Waals surface area (Å²) >= 11 is 3.32. The molecule has 13 heavy (non-hydrogen) atoms. The molecule has 72 valence electrons. The number of ether oxygens (including phenoxy) is 1. The number of aliphatic hydroxyl groups excluding tert-OH is 1. The minimum Gasteiger partial charge on any atom is -0.490 e. The molecule has 1 atom stereocenters. The van der Waals surface area contributed by atoms with E-state index < -0.39 is 6.10 Å². The first-order valence-electron chi connectivity index (χ1n) is 3.95. The number of aliphatic hydroxyl groups is 1. The molecule has 0 aliphatic heterocycles. The highest BCUT2D eigenvalue weighted by atomic mass is 79.9. The van der Waals surface area contributed by atoms with Crippen LogP contribution in [-0.2, 0) is 0 Å². The van der Waals surface area contributed by atoms with Gasteiger partial charge >= 0.3 is 0 Å². The zero-order chi connectivity index (χ0) is 9.84. The Kier molecular flexibility index (Phi) is 3.57. The van der Waals surface area contributed by atoms with Crippen molar-refractivity contribution in [2.24, 2.45) is 0 Å². The van der Waals surface area contributed by atoms with E-state index in [0.717, 1.165) is 4.47 Å². The maximum absolute atomic E-state index is 9.00. The highest BCUT2D eigenvalue weighted by Gasteiger charge is 2.02. The van der Waals surface area contributed by atoms with E-state index in [1.807, 2.05) is 6.07 Å². The molecule has 1 unspecified atom stereocenters. The van der Waals surface area contributed by atoms with Gasteiger partial charge in [-0.05, 0) is 35.0 Å². The molecule has 0 saturated heterocycles. The van der Waals surface area contributed by atoms with E-state index in [1.54, 1.807) is 19.1 Å². The topological polar surface area (TPSA) is 55.5 Å². The standard InChI is InChI=1S/C9H12BrNO2/c1-6(12)5-13-9-4-7(11)2-3-8(9)10/h2-4,6,12H,5,11H2,1H3. The fourth-order valence-electron chi connectivity index (χ4n) is 0.841. The van der Waals surface area contributed by atoms with Crippen LogP contribution >= 0.6 is 15.9 Å². The van der Waals surface area contributed by atoms with E-state index >= 15 is 0 Å². The van der Waals surface area contributed by atoms with Crippen molar-refractivity contribution in [2.75, 3.05) is 12.3 Å². The average Bonchev–Trinajstić information content (AvgIpc) is 2.06. The second kappa shape index (κ2) is 4.48. The first-order chi connectivity index (χ1) is 6.09. The molecule has 0 radical (unpaired) electrons. The van der Waals surface area contributed by atoms with Gasteiger partial charge in [-0.1, -0.05) is 0 Å². The molecule has 0 saturated carbocycles. The van der Waals surface area contributed by atoms with Crippen molar-refractivity contribution in [1.29, 1.82) is 0 Å². The van der Waals surface area contributed by atoms with Gasteiger partial charge in [0.2, 0.25) is 0 Å². The summed E-state index contributed by atoms with van der Waals surface area (Å²) in [7, 11) is 0. The van der Waals surface area contributed by atoms with Crippen molar-refractivity contribution in [1.82, 2.24) is 0 Å². The molecule has 0 fully saturated rings. The van der Waals surface area contributed by atoms with E-state index in [2.05, 4.69) is 15.9 Å². The number of nitrogen functional groups attached to an aromatic ring is 1. The van der Waals surface area contributed by atoms with E-state index in [1.165, 1.54) is 0 Å². The van der Waals surface area contributed by atoms with Gasteiger partial charge in [-0.15, -0.1) is 0 Å². The number of halogens is 1.